The van der Waals surface area contributed by atoms with Crippen LogP contribution < -0.4 is 10.2 Å². The van der Waals surface area contributed by atoms with Gasteiger partial charge in [-0.15, -0.1) is 11.8 Å². The zero-order valence-electron chi connectivity index (χ0n) is 24.0. The topological polar surface area (TPSA) is 97.3 Å². The molecule has 2 aromatic carbocycles. The number of nitrogens with one attached hydrogen (secondary N) is 1. The number of hydrogen-bond donors (Lipinski definition) is 2. The summed E-state index contributed by atoms with van der Waals surface area (Å²) in [5, 5.41) is 14.1. The second-order valence-electron chi connectivity index (χ2n) is 11.7. The Labute approximate surface area is 241 Å². The molecule has 2 N–H and O–H groups in total. The van der Waals surface area contributed by atoms with Crippen LogP contribution in [0.1, 0.15) is 40.2 Å². The first-order valence-electron chi connectivity index (χ1n) is 13.5. The molecule has 4 rings (SSSR count). The number of fused-ring (bicyclic) bond motifs is 1. The van der Waals surface area contributed by atoms with Gasteiger partial charge in [-0.3, -0.25) is 9.59 Å². The quantitative estimate of drug-likeness (QED) is 0.481. The second kappa shape index (κ2) is 12.4. The Kier molecular flexibility index (Phi) is 9.42. The number of aliphatic hydroxyl groups is 1. The van der Waals surface area contributed by atoms with Crippen molar-refractivity contribution in [3.05, 3.63) is 72.3 Å². The molecule has 0 aliphatic carbocycles. The van der Waals surface area contributed by atoms with Gasteiger partial charge in [0.2, 0.25) is 0 Å². The molecule has 1 saturated heterocycles. The minimum atomic E-state index is -1.17. The predicted molar refractivity (Wildman–Crippen MR) is 156 cm³/mol. The van der Waals surface area contributed by atoms with E-state index in [1.165, 1.54) is 18.9 Å². The molecule has 0 radical (unpaired) electrons. The number of thioether (sulfide) groups is 1. The van der Waals surface area contributed by atoms with Gasteiger partial charge in [0.25, 0.3) is 11.8 Å². The van der Waals surface area contributed by atoms with Crippen molar-refractivity contribution in [2.24, 2.45) is 5.41 Å². The number of aliphatic hydroxyl groups excluding tert-OH is 1. The number of anilines is 1. The highest BCUT2D eigenvalue weighted by Crippen LogP contribution is 2.36. The van der Waals surface area contributed by atoms with E-state index in [2.05, 4.69) is 5.32 Å². The molecule has 2 heterocycles. The maximum absolute atomic E-state index is 13.9. The smallest absolute Gasteiger partial charge is 0.252 e. The predicted octanol–water partition coefficient (Wildman–Crippen LogP) is 4.31. The minimum Gasteiger partial charge on any atom is -0.387 e. The summed E-state index contributed by atoms with van der Waals surface area (Å²) in [5.41, 5.74) is 1.66. The molecular formula is C31H40N2O6S. The first-order chi connectivity index (χ1) is 18.9. The molecule has 1 unspecified atom stereocenters. The van der Waals surface area contributed by atoms with Crippen LogP contribution in [0.4, 0.5) is 5.69 Å². The lowest BCUT2D eigenvalue weighted by Crippen LogP contribution is -2.62. The third kappa shape index (κ3) is 7.33. The van der Waals surface area contributed by atoms with Gasteiger partial charge in [0.15, 0.2) is 11.9 Å². The van der Waals surface area contributed by atoms with Gasteiger partial charge >= 0.3 is 0 Å². The van der Waals surface area contributed by atoms with E-state index in [1.807, 2.05) is 81.4 Å². The summed E-state index contributed by atoms with van der Waals surface area (Å²) in [6, 6.07) is 16.7. The van der Waals surface area contributed by atoms with Crippen molar-refractivity contribution in [3.8, 4) is 0 Å². The van der Waals surface area contributed by atoms with Crippen molar-refractivity contribution in [3.63, 3.8) is 0 Å². The number of allylic oxidation sites excluding steroid dienone is 1. The molecule has 0 bridgehead atoms. The summed E-state index contributed by atoms with van der Waals surface area (Å²) in [6.45, 7) is 9.98. The molecule has 216 valence electrons. The number of hydrogen-bond acceptors (Lipinski definition) is 7. The van der Waals surface area contributed by atoms with E-state index in [1.54, 1.807) is 24.8 Å². The number of carbonyl (C=O) groups excluding carboxylic acids is 2. The molecule has 8 nitrogen and oxygen atoms in total. The van der Waals surface area contributed by atoms with Gasteiger partial charge in [0.05, 0.1) is 12.2 Å². The van der Waals surface area contributed by atoms with E-state index < -0.39 is 42.2 Å². The van der Waals surface area contributed by atoms with E-state index in [-0.39, 0.29) is 11.3 Å². The highest BCUT2D eigenvalue weighted by atomic mass is 32.2. The molecule has 2 aliphatic rings. The zero-order chi connectivity index (χ0) is 29.1. The van der Waals surface area contributed by atoms with Gasteiger partial charge in [-0.1, -0.05) is 75.4 Å². The Balaban J connectivity index is 1.56. The third-order valence-corrected chi connectivity index (χ3v) is 7.89. The molecule has 9 heteroatoms. The number of nitrogens with zero attached hydrogens (tertiary/aromatic N) is 1. The molecule has 0 aromatic heterocycles. The molecule has 0 spiro atoms. The van der Waals surface area contributed by atoms with Crippen molar-refractivity contribution in [2.45, 2.75) is 82.3 Å². The first-order valence-corrected chi connectivity index (χ1v) is 14.5. The van der Waals surface area contributed by atoms with Crippen LogP contribution in [0.15, 0.2) is 71.6 Å². The fourth-order valence-corrected chi connectivity index (χ4v) is 5.89. The van der Waals surface area contributed by atoms with E-state index in [9.17, 15) is 14.7 Å². The van der Waals surface area contributed by atoms with E-state index >= 15 is 0 Å². The Morgan fingerprint density at radius 3 is 2.52 bits per heavy atom. The molecular weight excluding hydrogens is 528 g/mol. The van der Waals surface area contributed by atoms with Crippen LogP contribution in [0.5, 0.6) is 0 Å². The summed E-state index contributed by atoms with van der Waals surface area (Å²) in [5.74, 6) is -1.48. The summed E-state index contributed by atoms with van der Waals surface area (Å²) in [6.07, 6.45) is -0.299. The van der Waals surface area contributed by atoms with Crippen LogP contribution in [-0.2, 0) is 30.3 Å². The summed E-state index contributed by atoms with van der Waals surface area (Å²) >= 11 is 1.51. The molecule has 40 heavy (non-hydrogen) atoms. The van der Waals surface area contributed by atoms with E-state index in [4.69, 9.17) is 14.2 Å². The van der Waals surface area contributed by atoms with Crippen LogP contribution in [0.2, 0.25) is 0 Å². The monoisotopic (exact) mass is 568 g/mol. The van der Waals surface area contributed by atoms with E-state index in [0.717, 1.165) is 16.1 Å². The third-order valence-electron chi connectivity index (χ3n) is 6.74. The van der Waals surface area contributed by atoms with Crippen molar-refractivity contribution >= 4 is 29.3 Å². The lowest BCUT2D eigenvalue weighted by molar-refractivity contribution is -0.334. The summed E-state index contributed by atoms with van der Waals surface area (Å²) in [7, 11) is 1.39. The Morgan fingerprint density at radius 2 is 1.85 bits per heavy atom. The summed E-state index contributed by atoms with van der Waals surface area (Å²) < 4.78 is 17.6. The van der Waals surface area contributed by atoms with Gasteiger partial charge in [0.1, 0.15) is 24.4 Å². The molecule has 5 atom stereocenters. The molecule has 2 aliphatic heterocycles. The number of rotatable bonds is 7. The van der Waals surface area contributed by atoms with Crippen LogP contribution in [0.25, 0.3) is 0 Å². The number of benzene rings is 2. The van der Waals surface area contributed by atoms with Gasteiger partial charge in [-0.25, -0.2) is 0 Å². The van der Waals surface area contributed by atoms with Crippen LogP contribution in [0.3, 0.4) is 0 Å². The Hall–Kier alpha value is -2.69. The largest absolute Gasteiger partial charge is 0.387 e. The van der Waals surface area contributed by atoms with E-state index in [0.29, 0.717) is 12.3 Å². The normalized spacial score (nSPS) is 25.8. The SMILES string of the molecule is COC(C(=O)N[C@H]1CSc2ccccc2N(Cc2ccccc2)C1=O)[C@@H]1OC(C)(C)O[C@H](C=CC(C)(C)C)[C@@H]1O. The second-order valence-corrected chi connectivity index (χ2v) is 12.7. The number of ether oxygens (including phenoxy) is 3. The standard InChI is InChI=1S/C31H40N2O6S/c1-30(2,3)17-16-23-25(34)26(39-31(4,5)38-23)27(37-6)28(35)32-21-19-40-24-15-11-10-14-22(24)33(29(21)36)18-20-12-8-7-9-13-20/h7-17,21,23,25-27,34H,18-19H2,1-6H3,(H,32,35)/t21-,23+,25-,26+,27?/m0/s1. The zero-order valence-corrected chi connectivity index (χ0v) is 24.8. The number of carbonyl (C=O) groups is 2. The minimum absolute atomic E-state index is 0.125. The lowest BCUT2D eigenvalue weighted by atomic mass is 9.93. The number of methoxy groups -OCH3 is 1. The van der Waals surface area contributed by atoms with Gasteiger partial charge < -0.3 is 29.5 Å². The lowest BCUT2D eigenvalue weighted by Gasteiger charge is -2.45. The first kappa shape index (κ1) is 30.3. The highest BCUT2D eigenvalue weighted by Gasteiger charge is 2.48. The fourth-order valence-electron chi connectivity index (χ4n) is 4.82. The van der Waals surface area contributed by atoms with Crippen LogP contribution >= 0.6 is 11.8 Å². The van der Waals surface area contributed by atoms with Gasteiger partial charge in [-0.2, -0.15) is 0 Å². The maximum atomic E-state index is 13.9. The van der Waals surface area contributed by atoms with Crippen molar-refractivity contribution in [1.82, 2.24) is 5.32 Å². The van der Waals surface area contributed by atoms with Crippen molar-refractivity contribution in [2.75, 3.05) is 17.8 Å². The van der Waals surface area contributed by atoms with Crippen LogP contribution in [0, 0.1) is 5.41 Å². The summed E-state index contributed by atoms with van der Waals surface area (Å²) in [4.78, 5) is 30.2. The molecule has 2 aromatic rings. The molecule has 1 fully saturated rings. The average molecular weight is 569 g/mol. The average Bonchev–Trinajstić information content (AvgIpc) is 3.02. The number of para-hydroxylation sites is 1. The number of amides is 2. The van der Waals surface area contributed by atoms with Crippen molar-refractivity contribution < 1.29 is 28.9 Å². The van der Waals surface area contributed by atoms with Gasteiger partial charge in [0, 0.05) is 17.8 Å². The highest BCUT2D eigenvalue weighted by molar-refractivity contribution is 7.99. The van der Waals surface area contributed by atoms with Crippen molar-refractivity contribution in [1.29, 1.82) is 0 Å². The van der Waals surface area contributed by atoms with Gasteiger partial charge in [-0.05, 0) is 37.0 Å². The molecule has 2 amide bonds. The maximum Gasteiger partial charge on any atom is 0.252 e. The molecule has 0 saturated carbocycles. The Bertz CT molecular complexity index is 1210. The van der Waals surface area contributed by atoms with Crippen LogP contribution in [-0.4, -0.2) is 66.0 Å². The fraction of sp³-hybridized carbons (Fsp3) is 0.484. The Morgan fingerprint density at radius 1 is 1.18 bits per heavy atom.